The number of carbonyl (C=O) groups excluding carboxylic acids is 1. The van der Waals surface area contributed by atoms with Gasteiger partial charge in [0, 0.05) is 83.5 Å². The Balaban J connectivity index is 0.000000126. The smallest absolute Gasteiger partial charge is 0.255 e. The Morgan fingerprint density at radius 3 is 1.23 bits per heavy atom. The molecule has 0 saturated carbocycles. The summed E-state index contributed by atoms with van der Waals surface area (Å²) in [5, 5.41) is 85.7. The third-order valence-corrected chi connectivity index (χ3v) is 19.0. The van der Waals surface area contributed by atoms with Gasteiger partial charge in [-0.25, -0.2) is 78.9 Å². The summed E-state index contributed by atoms with van der Waals surface area (Å²) in [4.78, 5) is 73.4. The molecule has 0 fully saturated rings. The van der Waals surface area contributed by atoms with E-state index in [9.17, 15) is 4.79 Å². The average molecular weight is 1700 g/mol. The lowest BCUT2D eigenvalue weighted by atomic mass is 9.91. The molecule has 0 bridgehead atoms. The maximum Gasteiger partial charge on any atom is 0.255 e. The minimum atomic E-state index is -0.340. The van der Waals surface area contributed by atoms with Crippen LogP contribution in [0.25, 0.3) is 99.8 Å². The lowest BCUT2D eigenvalue weighted by Crippen LogP contribution is -2.12. The molecule has 0 saturated heterocycles. The fourth-order valence-corrected chi connectivity index (χ4v) is 12.9. The number of benzene rings is 3. The number of fused-ring (bicyclic) bond motifs is 4. The van der Waals surface area contributed by atoms with Gasteiger partial charge in [-0.05, 0) is 95.1 Å². The minimum Gasteiger partial charge on any atom is -0.326 e. The van der Waals surface area contributed by atoms with Gasteiger partial charge in [0.25, 0.3) is 40.6 Å². The number of anilines is 1. The summed E-state index contributed by atoms with van der Waals surface area (Å²) >= 11 is 0. The van der Waals surface area contributed by atoms with Crippen LogP contribution in [-0.4, -0.2) is 159 Å². The first-order valence-electron chi connectivity index (χ1n) is 38.9. The Bertz CT molecular complexity index is 7670. The highest BCUT2D eigenvalue weighted by atomic mass is 16.1. The lowest BCUT2D eigenvalue weighted by Gasteiger charge is -2.16. The molecule has 0 aliphatic heterocycles. The molecular formula is C83H72N44O. The van der Waals surface area contributed by atoms with Crippen LogP contribution in [0, 0.1) is 67.8 Å². The Hall–Kier alpha value is -18.6. The molecule has 19 aromatic rings. The van der Waals surface area contributed by atoms with E-state index >= 15 is 0 Å². The van der Waals surface area contributed by atoms with Crippen LogP contribution in [0.2, 0.25) is 0 Å². The van der Waals surface area contributed by atoms with Crippen molar-refractivity contribution in [3.05, 3.63) is 262 Å². The number of hydrogen-bond acceptors (Lipinski definition) is 28. The van der Waals surface area contributed by atoms with E-state index in [4.69, 9.17) is 36.3 Å². The number of carbonyl (C=O) groups is 1. The van der Waals surface area contributed by atoms with Crippen molar-refractivity contribution in [2.24, 2.45) is 40.9 Å². The third-order valence-electron chi connectivity index (χ3n) is 19.0. The predicted molar refractivity (Wildman–Crippen MR) is 466 cm³/mol. The van der Waals surface area contributed by atoms with Crippen LogP contribution < -0.4 is 5.32 Å². The van der Waals surface area contributed by atoms with Crippen LogP contribution in [0.5, 0.6) is 0 Å². The van der Waals surface area contributed by atoms with E-state index in [1.165, 1.54) is 44.2 Å². The Labute approximate surface area is 724 Å². The second-order valence-electron chi connectivity index (χ2n) is 30.2. The van der Waals surface area contributed by atoms with Gasteiger partial charge in [0.15, 0.2) is 69.3 Å². The van der Waals surface area contributed by atoms with Gasteiger partial charge in [0.2, 0.25) is 28.5 Å². The SMILES string of the molecule is [C-]#[N+]c1c(C)nn(-c2ccccn2)c1N=Nc1c(C)[nH]n2nc(C)nc12.[C-]#[N+]c1cnn(-c2ncccn2)c1N=Nc1c(C(C)(C)C)[nH]n2nc(-c3cccc(NC(C)=O)c3)nc12.[C-]#[N+]c1cnn(-c2ncccn2)c1N=Nc1c(C(C)(C)C)[nH]n2nc(-c3ccccc3C)nc12.[C-]#[N+]c1cnn(-c2ncccn2)c1N=Nc1c(C)[nH]n2nc(-c3ccccc3C)nc12. The van der Waals surface area contributed by atoms with Crippen molar-refractivity contribution in [2.45, 2.75) is 101 Å². The summed E-state index contributed by atoms with van der Waals surface area (Å²) in [6.45, 7) is 54.9. The maximum absolute atomic E-state index is 11.5. The minimum absolute atomic E-state index is 0.168. The lowest BCUT2D eigenvalue weighted by molar-refractivity contribution is -0.114. The maximum atomic E-state index is 11.5. The second kappa shape index (κ2) is 34.9. The largest absolute Gasteiger partial charge is 0.326 e. The number of rotatable bonds is 16. The second-order valence-corrected chi connectivity index (χ2v) is 30.2. The van der Waals surface area contributed by atoms with Crippen molar-refractivity contribution >= 4 is 103 Å². The molecule has 0 radical (unpaired) electrons. The molecule has 630 valence electrons. The van der Waals surface area contributed by atoms with Crippen LogP contribution in [0.1, 0.15) is 93.9 Å². The normalized spacial score (nSPS) is 11.7. The summed E-state index contributed by atoms with van der Waals surface area (Å²) in [6, 6.07) is 33.6. The van der Waals surface area contributed by atoms with Crippen molar-refractivity contribution in [3.63, 3.8) is 0 Å². The molecule has 45 nitrogen and oxygen atoms in total. The molecule has 1 amide bonds. The fourth-order valence-electron chi connectivity index (χ4n) is 12.9. The quantitative estimate of drug-likeness (QED) is 0.0443. The van der Waals surface area contributed by atoms with Gasteiger partial charge < -0.3 is 5.32 Å². The molecule has 16 heterocycles. The number of nitrogens with one attached hydrogen (secondary N) is 5. The topological polar surface area (TPSA) is 491 Å². The summed E-state index contributed by atoms with van der Waals surface area (Å²) < 4.78 is 11.9. The molecule has 45 heteroatoms. The summed E-state index contributed by atoms with van der Waals surface area (Å²) in [7, 11) is 0. The predicted octanol–water partition coefficient (Wildman–Crippen LogP) is 18.0. The van der Waals surface area contributed by atoms with E-state index in [0.29, 0.717) is 109 Å². The molecule has 0 aliphatic carbocycles. The monoisotopic (exact) mass is 1700 g/mol. The highest BCUT2D eigenvalue weighted by Crippen LogP contribution is 2.42. The molecule has 0 unspecified atom stereocenters. The zero-order chi connectivity index (χ0) is 89.7. The van der Waals surface area contributed by atoms with Gasteiger partial charge in [-0.15, -0.1) is 61.3 Å². The van der Waals surface area contributed by atoms with E-state index in [0.717, 1.165) is 50.6 Å². The van der Waals surface area contributed by atoms with Gasteiger partial charge in [-0.2, -0.15) is 53.0 Å². The molecule has 0 atom stereocenters. The summed E-state index contributed by atoms with van der Waals surface area (Å²) in [6.07, 6.45) is 15.4. The van der Waals surface area contributed by atoms with Crippen LogP contribution in [0.4, 0.5) is 74.5 Å². The van der Waals surface area contributed by atoms with Crippen molar-refractivity contribution in [1.29, 1.82) is 0 Å². The Morgan fingerprint density at radius 1 is 0.398 bits per heavy atom. The van der Waals surface area contributed by atoms with Gasteiger partial charge in [-0.1, -0.05) is 108 Å². The standard InChI is InChI=1S/C24H22N12O.C23H21N11.C20H15N11.C16H14N10/c1-14(37)29-16-9-6-8-15(12-16)20-30-22-18(19(24(2,3)4)33-36(22)34-20)31-32-21-17(25-5)13-28-35(21)23-26-10-7-11-27-23;1-14-9-6-7-10-15(14)19-28-21-17(18(23(2,3)4)31-34(21)32-19)29-30-20-16(24-5)13-27-33(20)22-25-11-8-12-26-22;1-12-7-4-5-8-14(12)17-25-19-16(13(2)28-31(19)29-17)26-27-18-15(21-3)11-24-30(18)20-22-9-6-10-23-20;1-9-13(17-4)16(25(22-9)12-7-5-6-8-18-12)21-20-14-10(2)23-26-15(14)19-11(3)24-26/h6-13,33H,1-4H3,(H,29,37);6-13,31H,1-4H3;4-11,28H,1-2H3;5-8,23H,1-3H3. The van der Waals surface area contributed by atoms with Crippen molar-refractivity contribution in [2.75, 3.05) is 5.32 Å². The summed E-state index contributed by atoms with van der Waals surface area (Å²) in [5.74, 6) is 4.50. The number of hydrogen-bond donors (Lipinski definition) is 5. The van der Waals surface area contributed by atoms with E-state index in [1.54, 1.807) is 112 Å². The average Bonchev–Trinajstić information content (AvgIpc) is 1.61. The zero-order valence-corrected chi connectivity index (χ0v) is 70.5. The number of aromatic amines is 4. The zero-order valence-electron chi connectivity index (χ0n) is 70.5. The number of aromatic nitrogens is 31. The molecule has 128 heavy (non-hydrogen) atoms. The molecule has 0 aliphatic rings. The van der Waals surface area contributed by atoms with E-state index in [2.05, 4.69) is 192 Å². The molecule has 5 N–H and O–H groups in total. The van der Waals surface area contributed by atoms with Crippen LogP contribution >= 0.6 is 0 Å². The number of nitrogens with zero attached hydrogens (tertiary/aromatic N) is 39. The highest BCUT2D eigenvalue weighted by Gasteiger charge is 2.30. The number of aryl methyl sites for hydroxylation is 6. The first-order valence-corrected chi connectivity index (χ1v) is 38.9. The van der Waals surface area contributed by atoms with Gasteiger partial charge >= 0.3 is 0 Å². The van der Waals surface area contributed by atoms with Gasteiger partial charge in [0.1, 0.15) is 5.82 Å². The third kappa shape index (κ3) is 16.9. The van der Waals surface area contributed by atoms with E-state index in [1.807, 2.05) is 121 Å². The Kier molecular flexibility index (Phi) is 22.6. The number of H-pyrrole nitrogens is 4. The van der Waals surface area contributed by atoms with Gasteiger partial charge in [-0.3, -0.25) is 25.2 Å². The van der Waals surface area contributed by atoms with Crippen LogP contribution in [0.3, 0.4) is 0 Å². The van der Waals surface area contributed by atoms with Gasteiger partial charge in [0.05, 0.1) is 73.3 Å². The first kappa shape index (κ1) is 83.1. The van der Waals surface area contributed by atoms with Crippen molar-refractivity contribution in [3.8, 4) is 57.8 Å². The highest BCUT2D eigenvalue weighted by molar-refractivity contribution is 5.89. The number of amides is 1. The van der Waals surface area contributed by atoms with Crippen molar-refractivity contribution in [1.82, 2.24) is 153 Å². The fraction of sp³-hybridized carbons (Fsp3) is 0.181. The number of azo groups is 4. The number of pyridine rings is 1. The van der Waals surface area contributed by atoms with E-state index in [-0.39, 0.29) is 57.2 Å². The first-order chi connectivity index (χ1) is 61.8. The summed E-state index contributed by atoms with van der Waals surface area (Å²) in [5.41, 5.74) is 13.6. The molecule has 3 aromatic carbocycles. The van der Waals surface area contributed by atoms with Crippen LogP contribution in [-0.2, 0) is 15.6 Å². The molecule has 16 aromatic heterocycles. The van der Waals surface area contributed by atoms with E-state index < -0.39 is 0 Å². The molecular weight excluding hydrogens is 1630 g/mol. The molecule has 0 spiro atoms. The van der Waals surface area contributed by atoms with Crippen molar-refractivity contribution < 1.29 is 4.79 Å². The molecule has 19 rings (SSSR count). The van der Waals surface area contributed by atoms with Crippen LogP contribution in [0.15, 0.2) is 212 Å². The Morgan fingerprint density at radius 2 is 0.797 bits per heavy atom.